The third-order valence-corrected chi connectivity index (χ3v) is 6.39. The molecule has 0 bridgehead atoms. The molecule has 0 spiro atoms. The predicted molar refractivity (Wildman–Crippen MR) is 141 cm³/mol. The summed E-state index contributed by atoms with van der Waals surface area (Å²) in [4.78, 5) is 17.9. The molecule has 170 valence electrons. The quantitative estimate of drug-likeness (QED) is 0.214. The van der Waals surface area contributed by atoms with E-state index >= 15 is 0 Å². The minimum absolute atomic E-state index is 0.0830. The fourth-order valence-corrected chi connectivity index (χ4v) is 4.26. The van der Waals surface area contributed by atoms with E-state index in [1.54, 1.807) is 19.4 Å². The van der Waals surface area contributed by atoms with E-state index in [1.165, 1.54) is 4.68 Å². The van der Waals surface area contributed by atoms with Gasteiger partial charge in [0.2, 0.25) is 0 Å². The smallest absolute Gasteiger partial charge is 0.282 e. The molecule has 1 atom stereocenters. The number of benzene rings is 2. The molecule has 0 N–H and O–H groups in total. The average molecular weight is 612 g/mol. The van der Waals surface area contributed by atoms with E-state index in [0.717, 1.165) is 38.6 Å². The van der Waals surface area contributed by atoms with E-state index in [1.807, 2.05) is 31.2 Å². The molecule has 1 heterocycles. The monoisotopic (exact) mass is 611 g/mol. The van der Waals surface area contributed by atoms with Crippen LogP contribution in [0, 0.1) is 3.57 Å². The summed E-state index contributed by atoms with van der Waals surface area (Å²) in [6.07, 6.45) is 5.26. The maximum absolute atomic E-state index is 13.2. The highest BCUT2D eigenvalue weighted by atomic mass is 127. The fraction of sp³-hybridized carbons (Fsp3) is 0.375. The van der Waals surface area contributed by atoms with E-state index in [0.29, 0.717) is 28.9 Å². The topological polar surface area (TPSA) is 65.7 Å². The number of unbranched alkanes of at least 4 members (excludes halogenated alkanes) is 1. The largest absolute Gasteiger partial charge is 0.493 e. The third kappa shape index (κ3) is 5.70. The Kier molecular flexibility index (Phi) is 8.70. The SMILES string of the molecule is CCCCc1nc2ccc(Br)cc2c(=O)n1N=Cc1cc(I)c(O[C@@H](C)CC)c(OC)c1. The average Bonchev–Trinajstić information content (AvgIpc) is 2.78. The van der Waals surface area contributed by atoms with Gasteiger partial charge in [-0.2, -0.15) is 9.78 Å². The van der Waals surface area contributed by atoms with Gasteiger partial charge in [0.05, 0.1) is 33.9 Å². The van der Waals surface area contributed by atoms with Crippen molar-refractivity contribution in [3.05, 3.63) is 60.1 Å². The Morgan fingerprint density at radius 2 is 2.06 bits per heavy atom. The number of fused-ring (bicyclic) bond motifs is 1. The van der Waals surface area contributed by atoms with Crippen LogP contribution in [0.4, 0.5) is 0 Å². The van der Waals surface area contributed by atoms with Crippen molar-refractivity contribution in [3.8, 4) is 11.5 Å². The van der Waals surface area contributed by atoms with Crippen LogP contribution in [0.15, 0.2) is 44.7 Å². The van der Waals surface area contributed by atoms with Crippen LogP contribution in [0.1, 0.15) is 51.4 Å². The molecule has 0 radical (unpaired) electrons. The Bertz CT molecular complexity index is 1190. The minimum Gasteiger partial charge on any atom is -0.493 e. The number of aromatic nitrogens is 2. The van der Waals surface area contributed by atoms with E-state index < -0.39 is 0 Å². The Morgan fingerprint density at radius 3 is 2.75 bits per heavy atom. The summed E-state index contributed by atoms with van der Waals surface area (Å²) in [5, 5.41) is 5.06. The fourth-order valence-electron chi connectivity index (χ4n) is 3.15. The highest BCUT2D eigenvalue weighted by molar-refractivity contribution is 14.1. The standard InChI is InChI=1S/C24H27BrIN3O3/c1-5-7-8-22-28-20-10-9-17(25)13-18(20)24(30)29(22)27-14-16-11-19(26)23(21(12-16)31-4)32-15(3)6-2/h9-15H,5-8H2,1-4H3/t15-/m0/s1. The molecule has 0 fully saturated rings. The normalized spacial score (nSPS) is 12.4. The second kappa shape index (κ2) is 11.3. The number of methoxy groups -OCH3 is 1. The molecule has 3 rings (SSSR count). The number of halogens is 2. The lowest BCUT2D eigenvalue weighted by Crippen LogP contribution is -2.22. The number of hydrogen-bond acceptors (Lipinski definition) is 5. The third-order valence-electron chi connectivity index (χ3n) is 5.10. The highest BCUT2D eigenvalue weighted by Crippen LogP contribution is 2.34. The number of nitrogens with zero attached hydrogens (tertiary/aromatic N) is 3. The molecule has 0 unspecified atom stereocenters. The lowest BCUT2D eigenvalue weighted by atomic mass is 10.2. The Hall–Kier alpha value is -1.94. The van der Waals surface area contributed by atoms with E-state index in [9.17, 15) is 4.79 Å². The molecule has 8 heteroatoms. The number of rotatable bonds is 9. The number of hydrogen-bond donors (Lipinski definition) is 0. The van der Waals surface area contributed by atoms with Crippen molar-refractivity contribution in [1.29, 1.82) is 0 Å². The van der Waals surface area contributed by atoms with Crippen LogP contribution in [-0.4, -0.2) is 29.1 Å². The zero-order valence-electron chi connectivity index (χ0n) is 18.7. The van der Waals surface area contributed by atoms with Gasteiger partial charge in [0, 0.05) is 10.9 Å². The summed E-state index contributed by atoms with van der Waals surface area (Å²) in [6.45, 7) is 6.22. The summed E-state index contributed by atoms with van der Waals surface area (Å²) in [6, 6.07) is 9.36. The van der Waals surface area contributed by atoms with Gasteiger partial charge in [-0.15, -0.1) is 0 Å². The van der Waals surface area contributed by atoms with Crippen molar-refractivity contribution >= 4 is 55.6 Å². The van der Waals surface area contributed by atoms with Crippen LogP contribution < -0.4 is 15.0 Å². The van der Waals surface area contributed by atoms with Crippen molar-refractivity contribution in [3.63, 3.8) is 0 Å². The van der Waals surface area contributed by atoms with Crippen LogP contribution in [0.2, 0.25) is 0 Å². The summed E-state index contributed by atoms with van der Waals surface area (Å²) >= 11 is 5.67. The van der Waals surface area contributed by atoms with E-state index in [-0.39, 0.29) is 11.7 Å². The molecule has 0 aliphatic carbocycles. The van der Waals surface area contributed by atoms with Gasteiger partial charge in [-0.3, -0.25) is 4.79 Å². The molecule has 1 aromatic heterocycles. The molecule has 0 saturated heterocycles. The van der Waals surface area contributed by atoms with Gasteiger partial charge in [0.1, 0.15) is 5.82 Å². The van der Waals surface area contributed by atoms with E-state index in [2.05, 4.69) is 57.5 Å². The second-order valence-corrected chi connectivity index (χ2v) is 9.60. The molecule has 2 aromatic carbocycles. The van der Waals surface area contributed by atoms with Gasteiger partial charge in [-0.05, 0) is 78.3 Å². The lowest BCUT2D eigenvalue weighted by Gasteiger charge is -2.17. The van der Waals surface area contributed by atoms with Crippen LogP contribution in [0.5, 0.6) is 11.5 Å². The van der Waals surface area contributed by atoms with Crippen molar-refractivity contribution < 1.29 is 9.47 Å². The first kappa shape index (κ1) is 24.7. The maximum Gasteiger partial charge on any atom is 0.282 e. The molecular weight excluding hydrogens is 585 g/mol. The second-order valence-electron chi connectivity index (χ2n) is 7.53. The predicted octanol–water partition coefficient (Wildman–Crippen LogP) is 6.17. The zero-order valence-corrected chi connectivity index (χ0v) is 22.4. The first-order valence-electron chi connectivity index (χ1n) is 10.7. The minimum atomic E-state index is -0.183. The molecule has 3 aromatic rings. The molecule has 6 nitrogen and oxygen atoms in total. The van der Waals surface area contributed by atoms with Crippen molar-refractivity contribution in [2.24, 2.45) is 5.10 Å². The van der Waals surface area contributed by atoms with Crippen molar-refractivity contribution in [1.82, 2.24) is 9.66 Å². The van der Waals surface area contributed by atoms with Crippen molar-refractivity contribution in [2.45, 2.75) is 52.6 Å². The first-order valence-corrected chi connectivity index (χ1v) is 12.5. The lowest BCUT2D eigenvalue weighted by molar-refractivity contribution is 0.206. The van der Waals surface area contributed by atoms with E-state index in [4.69, 9.17) is 14.5 Å². The summed E-state index contributed by atoms with van der Waals surface area (Å²) in [7, 11) is 1.62. The van der Waals surface area contributed by atoms with Crippen LogP contribution in [0.3, 0.4) is 0 Å². The van der Waals surface area contributed by atoms with Gasteiger partial charge >= 0.3 is 0 Å². The Labute approximate surface area is 210 Å². The van der Waals surface area contributed by atoms with Crippen LogP contribution in [-0.2, 0) is 6.42 Å². The Balaban J connectivity index is 2.06. The molecular formula is C24H27BrIN3O3. The summed E-state index contributed by atoms with van der Waals surface area (Å²) in [5.74, 6) is 2.01. The summed E-state index contributed by atoms with van der Waals surface area (Å²) in [5.41, 5.74) is 1.31. The zero-order chi connectivity index (χ0) is 23.3. The molecule has 0 saturated carbocycles. The van der Waals surface area contributed by atoms with Crippen molar-refractivity contribution in [2.75, 3.05) is 7.11 Å². The first-order chi connectivity index (χ1) is 15.4. The Morgan fingerprint density at radius 1 is 1.28 bits per heavy atom. The number of aryl methyl sites for hydroxylation is 1. The van der Waals surface area contributed by atoms with Gasteiger partial charge in [-0.1, -0.05) is 36.2 Å². The van der Waals surface area contributed by atoms with Crippen LogP contribution >= 0.6 is 38.5 Å². The molecule has 0 aliphatic heterocycles. The van der Waals surface area contributed by atoms with Gasteiger partial charge in [-0.25, -0.2) is 4.98 Å². The molecule has 32 heavy (non-hydrogen) atoms. The summed E-state index contributed by atoms with van der Waals surface area (Å²) < 4.78 is 14.7. The number of ether oxygens (including phenoxy) is 2. The van der Waals surface area contributed by atoms with Gasteiger partial charge in [0.25, 0.3) is 5.56 Å². The van der Waals surface area contributed by atoms with Gasteiger partial charge < -0.3 is 9.47 Å². The van der Waals surface area contributed by atoms with Gasteiger partial charge in [0.15, 0.2) is 11.5 Å². The van der Waals surface area contributed by atoms with Crippen LogP contribution in [0.25, 0.3) is 10.9 Å². The molecule has 0 amide bonds. The maximum atomic E-state index is 13.2. The molecule has 0 aliphatic rings. The highest BCUT2D eigenvalue weighted by Gasteiger charge is 2.14.